The van der Waals surface area contributed by atoms with Gasteiger partial charge in [0.1, 0.15) is 0 Å². The molecule has 1 unspecified atom stereocenters. The van der Waals surface area contributed by atoms with Crippen LogP contribution < -0.4 is 11.5 Å². The average Bonchev–Trinajstić information content (AvgIpc) is 2.69. The Morgan fingerprint density at radius 2 is 2.22 bits per heavy atom. The molecule has 2 rings (SSSR count). The van der Waals surface area contributed by atoms with E-state index in [1.165, 1.54) is 17.4 Å². The average molecular weight is 307 g/mol. The van der Waals surface area contributed by atoms with Gasteiger partial charge in [-0.3, -0.25) is 0 Å². The molecule has 8 heteroatoms. The lowest BCUT2D eigenvalue weighted by atomic mass is 10.0. The van der Waals surface area contributed by atoms with Crippen LogP contribution in [0, 0.1) is 0 Å². The SMILES string of the molecule is NC(N)=Nc1nc(C2=CC=C(Cl)C(F)(Cl)C2)cs1. The number of thiazole rings is 1. The molecular formula is C10H9Cl2FN4S. The number of guanidine groups is 1. The highest BCUT2D eigenvalue weighted by Crippen LogP contribution is 2.42. The van der Waals surface area contributed by atoms with Crippen molar-refractivity contribution in [3.8, 4) is 0 Å². The molecule has 0 amide bonds. The minimum absolute atomic E-state index is 0.0346. The fourth-order valence-corrected chi connectivity index (χ4v) is 2.49. The van der Waals surface area contributed by atoms with Crippen LogP contribution >= 0.6 is 34.5 Å². The summed E-state index contributed by atoms with van der Waals surface area (Å²) < 4.78 is 13.8. The van der Waals surface area contributed by atoms with Gasteiger partial charge in [-0.05, 0) is 11.6 Å². The Bertz CT molecular complexity index is 558. The first kappa shape index (κ1) is 13.3. The van der Waals surface area contributed by atoms with Crippen LogP contribution in [0.15, 0.2) is 27.6 Å². The topological polar surface area (TPSA) is 77.3 Å². The van der Waals surface area contributed by atoms with E-state index in [0.29, 0.717) is 16.4 Å². The maximum atomic E-state index is 13.8. The molecular weight excluding hydrogens is 298 g/mol. The van der Waals surface area contributed by atoms with E-state index in [9.17, 15) is 4.39 Å². The molecule has 0 spiro atoms. The fourth-order valence-electron chi connectivity index (χ4n) is 1.43. The largest absolute Gasteiger partial charge is 0.370 e. The molecule has 1 aromatic heterocycles. The van der Waals surface area contributed by atoms with Crippen molar-refractivity contribution in [1.29, 1.82) is 0 Å². The van der Waals surface area contributed by atoms with Crippen molar-refractivity contribution in [3.05, 3.63) is 28.3 Å². The molecule has 1 atom stereocenters. The highest BCUT2D eigenvalue weighted by Gasteiger charge is 2.34. The number of nitrogens with zero attached hydrogens (tertiary/aromatic N) is 2. The Kier molecular flexibility index (Phi) is 3.61. The molecule has 0 radical (unpaired) electrons. The number of rotatable bonds is 2. The molecule has 0 bridgehead atoms. The zero-order chi connectivity index (χ0) is 13.3. The Balaban J connectivity index is 2.29. The summed E-state index contributed by atoms with van der Waals surface area (Å²) in [6, 6.07) is 0. The molecule has 96 valence electrons. The molecule has 0 fully saturated rings. The van der Waals surface area contributed by atoms with Crippen molar-refractivity contribution < 1.29 is 4.39 Å². The predicted octanol–water partition coefficient (Wildman–Crippen LogP) is 2.86. The maximum Gasteiger partial charge on any atom is 0.223 e. The van der Waals surface area contributed by atoms with E-state index in [4.69, 9.17) is 34.7 Å². The minimum atomic E-state index is -2.08. The summed E-state index contributed by atoms with van der Waals surface area (Å²) in [5.41, 5.74) is 11.7. The highest BCUT2D eigenvalue weighted by atomic mass is 35.5. The lowest BCUT2D eigenvalue weighted by Crippen LogP contribution is -2.21. The van der Waals surface area contributed by atoms with Gasteiger partial charge in [-0.1, -0.05) is 29.3 Å². The summed E-state index contributed by atoms with van der Waals surface area (Å²) in [5.74, 6) is -0.0753. The first-order chi connectivity index (χ1) is 8.38. The van der Waals surface area contributed by atoms with E-state index in [-0.39, 0.29) is 17.4 Å². The van der Waals surface area contributed by atoms with Crippen molar-refractivity contribution >= 4 is 51.2 Å². The van der Waals surface area contributed by atoms with Gasteiger partial charge in [-0.15, -0.1) is 11.3 Å². The summed E-state index contributed by atoms with van der Waals surface area (Å²) in [5, 5.41) is 0.0253. The summed E-state index contributed by atoms with van der Waals surface area (Å²) in [7, 11) is 0. The van der Waals surface area contributed by atoms with Crippen molar-refractivity contribution in [2.45, 2.75) is 11.5 Å². The van der Waals surface area contributed by atoms with E-state index in [2.05, 4.69) is 9.98 Å². The van der Waals surface area contributed by atoms with Gasteiger partial charge >= 0.3 is 0 Å². The van der Waals surface area contributed by atoms with Gasteiger partial charge in [0.05, 0.1) is 10.7 Å². The molecule has 0 aliphatic heterocycles. The van der Waals surface area contributed by atoms with Crippen LogP contribution in [-0.4, -0.2) is 16.1 Å². The molecule has 1 heterocycles. The third kappa shape index (κ3) is 2.82. The van der Waals surface area contributed by atoms with E-state index >= 15 is 0 Å². The smallest absolute Gasteiger partial charge is 0.223 e. The zero-order valence-corrected chi connectivity index (χ0v) is 11.4. The highest BCUT2D eigenvalue weighted by molar-refractivity contribution is 7.13. The molecule has 0 saturated heterocycles. The van der Waals surface area contributed by atoms with E-state index in [0.717, 1.165) is 0 Å². The molecule has 4 nitrogen and oxygen atoms in total. The molecule has 4 N–H and O–H groups in total. The van der Waals surface area contributed by atoms with Crippen LogP contribution in [-0.2, 0) is 0 Å². The van der Waals surface area contributed by atoms with Gasteiger partial charge in [-0.2, -0.15) is 4.99 Å². The summed E-state index contributed by atoms with van der Waals surface area (Å²) in [6.45, 7) is 0. The molecule has 18 heavy (non-hydrogen) atoms. The fraction of sp³-hybridized carbons (Fsp3) is 0.200. The molecule has 0 aromatic carbocycles. The number of halogens is 3. The number of aromatic nitrogens is 1. The van der Waals surface area contributed by atoms with Crippen molar-refractivity contribution in [3.63, 3.8) is 0 Å². The van der Waals surface area contributed by atoms with Gasteiger partial charge < -0.3 is 11.5 Å². The van der Waals surface area contributed by atoms with Crippen LogP contribution in [0.4, 0.5) is 9.52 Å². The summed E-state index contributed by atoms with van der Waals surface area (Å²) in [4.78, 5) is 7.98. The standard InChI is InChI=1S/C10H9Cl2FN4S/c11-7-2-1-5(3-10(7,12)13)6-4-18-9(16-6)17-8(14)15/h1-2,4H,3H2,(H4,14,15,16,17). The van der Waals surface area contributed by atoms with Crippen LogP contribution in [0.25, 0.3) is 5.57 Å². The monoisotopic (exact) mass is 306 g/mol. The maximum absolute atomic E-state index is 13.8. The number of allylic oxidation sites excluding steroid dienone is 4. The zero-order valence-electron chi connectivity index (χ0n) is 9.03. The third-order valence-corrected chi connectivity index (χ3v) is 3.83. The van der Waals surface area contributed by atoms with Gasteiger partial charge in [-0.25, -0.2) is 9.37 Å². The first-order valence-electron chi connectivity index (χ1n) is 4.89. The van der Waals surface area contributed by atoms with E-state index in [1.54, 1.807) is 11.5 Å². The molecule has 1 aromatic rings. The number of hydrogen-bond donors (Lipinski definition) is 2. The molecule has 1 aliphatic carbocycles. The lowest BCUT2D eigenvalue weighted by Gasteiger charge is -2.21. The normalized spacial score (nSPS) is 23.3. The summed E-state index contributed by atoms with van der Waals surface area (Å²) >= 11 is 12.6. The second-order valence-electron chi connectivity index (χ2n) is 3.64. The predicted molar refractivity (Wildman–Crippen MR) is 73.8 cm³/mol. The van der Waals surface area contributed by atoms with Crippen molar-refractivity contribution in [1.82, 2.24) is 4.98 Å². The summed E-state index contributed by atoms with van der Waals surface area (Å²) in [6.07, 6.45) is 3.05. The van der Waals surface area contributed by atoms with Crippen LogP contribution in [0.5, 0.6) is 0 Å². The second kappa shape index (κ2) is 4.87. The van der Waals surface area contributed by atoms with Crippen LogP contribution in [0.2, 0.25) is 0 Å². The van der Waals surface area contributed by atoms with E-state index in [1.807, 2.05) is 0 Å². The van der Waals surface area contributed by atoms with E-state index < -0.39 is 5.13 Å². The quantitative estimate of drug-likeness (QED) is 0.501. The van der Waals surface area contributed by atoms with Crippen LogP contribution in [0.3, 0.4) is 0 Å². The van der Waals surface area contributed by atoms with Gasteiger partial charge in [0.25, 0.3) is 0 Å². The third-order valence-electron chi connectivity index (χ3n) is 2.24. The van der Waals surface area contributed by atoms with Gasteiger partial charge in [0.2, 0.25) is 10.3 Å². The number of alkyl halides is 2. The number of aliphatic imine (C=N–C) groups is 1. The van der Waals surface area contributed by atoms with Crippen LogP contribution in [0.1, 0.15) is 12.1 Å². The Labute approximate surface area is 117 Å². The Morgan fingerprint density at radius 1 is 1.50 bits per heavy atom. The minimum Gasteiger partial charge on any atom is -0.370 e. The molecule has 0 saturated carbocycles. The molecule has 1 aliphatic rings. The Morgan fingerprint density at radius 3 is 2.83 bits per heavy atom. The van der Waals surface area contributed by atoms with Crippen molar-refractivity contribution in [2.75, 3.05) is 0 Å². The van der Waals surface area contributed by atoms with Gasteiger partial charge in [0, 0.05) is 11.8 Å². The second-order valence-corrected chi connectivity index (χ2v) is 5.48. The lowest BCUT2D eigenvalue weighted by molar-refractivity contribution is 0.344. The van der Waals surface area contributed by atoms with Crippen molar-refractivity contribution in [2.24, 2.45) is 16.5 Å². The Hall–Kier alpha value is -1.11. The number of hydrogen-bond acceptors (Lipinski definition) is 3. The number of nitrogens with two attached hydrogens (primary N) is 2. The van der Waals surface area contributed by atoms with Gasteiger partial charge in [0.15, 0.2) is 5.96 Å². The first-order valence-corrected chi connectivity index (χ1v) is 6.52.